The molecule has 6 heteroatoms. The summed E-state index contributed by atoms with van der Waals surface area (Å²) in [6.45, 7) is 3.26. The average molecular weight is 315 g/mol. The fourth-order valence-corrected chi connectivity index (χ4v) is 2.52. The van der Waals surface area contributed by atoms with Crippen molar-refractivity contribution >= 4 is 11.7 Å². The van der Waals surface area contributed by atoms with Crippen LogP contribution in [0.15, 0.2) is 35.1 Å². The molecule has 23 heavy (non-hydrogen) atoms. The molecule has 0 unspecified atom stereocenters. The minimum atomic E-state index is -0.545. The van der Waals surface area contributed by atoms with E-state index in [9.17, 15) is 9.59 Å². The van der Waals surface area contributed by atoms with Crippen molar-refractivity contribution in [3.8, 4) is 11.4 Å². The van der Waals surface area contributed by atoms with Crippen molar-refractivity contribution in [3.63, 3.8) is 0 Å². The van der Waals surface area contributed by atoms with Gasteiger partial charge in [0.25, 0.3) is 0 Å². The molecule has 0 amide bonds. The maximum Gasteiger partial charge on any atom is 0.314 e. The van der Waals surface area contributed by atoms with E-state index in [1.54, 1.807) is 23.9 Å². The third-order valence-corrected chi connectivity index (χ3v) is 3.52. The average Bonchev–Trinajstić information content (AvgIpc) is 2.72. The summed E-state index contributed by atoms with van der Waals surface area (Å²) in [5.74, 6) is -0.541. The molecule has 1 aromatic heterocycles. The van der Waals surface area contributed by atoms with Crippen LogP contribution in [0.25, 0.3) is 5.69 Å². The van der Waals surface area contributed by atoms with E-state index in [4.69, 9.17) is 10.1 Å². The number of esters is 1. The monoisotopic (exact) mass is 315 g/mol. The first-order valence-corrected chi connectivity index (χ1v) is 7.56. The molecule has 6 nitrogen and oxygen atoms in total. The van der Waals surface area contributed by atoms with Gasteiger partial charge in [-0.25, -0.2) is 4.68 Å². The molecular weight excluding hydrogens is 294 g/mol. The molecule has 0 aliphatic carbocycles. The van der Waals surface area contributed by atoms with Crippen molar-refractivity contribution in [3.05, 3.63) is 46.4 Å². The normalized spacial score (nSPS) is 10.6. The van der Waals surface area contributed by atoms with Gasteiger partial charge in [-0.2, -0.15) is 0 Å². The lowest BCUT2D eigenvalue weighted by Gasteiger charge is -2.10. The highest BCUT2D eigenvalue weighted by Gasteiger charge is 2.22. The zero-order chi connectivity index (χ0) is 17.0. The molecule has 2 rings (SSSR count). The van der Waals surface area contributed by atoms with Gasteiger partial charge in [0, 0.05) is 26.1 Å². The Labute approximate surface area is 134 Å². The summed E-state index contributed by atoms with van der Waals surface area (Å²) >= 11 is 0. The van der Waals surface area contributed by atoms with Crippen molar-refractivity contribution in [1.82, 2.24) is 9.36 Å². The quantitative estimate of drug-likeness (QED) is 0.657. The molecule has 1 heterocycles. The molecule has 0 atom stereocenters. The molecule has 2 aromatic rings. The van der Waals surface area contributed by atoms with E-state index in [0.717, 1.165) is 6.42 Å². The van der Waals surface area contributed by atoms with Crippen LogP contribution in [-0.4, -0.2) is 21.0 Å². The van der Waals surface area contributed by atoms with Gasteiger partial charge in [-0.15, -0.1) is 0 Å². The molecule has 1 aromatic carbocycles. The van der Waals surface area contributed by atoms with Crippen LogP contribution < -0.4 is 10.3 Å². The molecule has 0 aliphatic rings. The van der Waals surface area contributed by atoms with E-state index in [2.05, 4.69) is 0 Å². The number of hydrogen-bond donors (Lipinski definition) is 1. The van der Waals surface area contributed by atoms with E-state index in [-0.39, 0.29) is 12.2 Å². The Morgan fingerprint density at radius 3 is 2.48 bits per heavy atom. The summed E-state index contributed by atoms with van der Waals surface area (Å²) in [7, 11) is 1.73. The molecule has 0 saturated carbocycles. The van der Waals surface area contributed by atoms with Crippen molar-refractivity contribution < 1.29 is 9.53 Å². The summed E-state index contributed by atoms with van der Waals surface area (Å²) in [5.41, 5.74) is 1.32. The summed E-state index contributed by atoms with van der Waals surface area (Å²) in [4.78, 5) is 24.0. The third-order valence-electron chi connectivity index (χ3n) is 3.52. The maximum atomic E-state index is 12.7. The number of rotatable bonds is 6. The van der Waals surface area contributed by atoms with Crippen LogP contribution >= 0.6 is 0 Å². The van der Waals surface area contributed by atoms with Crippen molar-refractivity contribution in [1.29, 1.82) is 5.41 Å². The van der Waals surface area contributed by atoms with E-state index >= 15 is 0 Å². The molecule has 0 spiro atoms. The smallest absolute Gasteiger partial charge is 0.314 e. The van der Waals surface area contributed by atoms with E-state index in [1.165, 1.54) is 11.6 Å². The molecule has 0 fully saturated rings. The van der Waals surface area contributed by atoms with Crippen LogP contribution in [0.2, 0.25) is 0 Å². The van der Waals surface area contributed by atoms with Gasteiger partial charge in [-0.3, -0.25) is 14.3 Å². The summed E-state index contributed by atoms with van der Waals surface area (Å²) in [6.07, 6.45) is 1.78. The van der Waals surface area contributed by atoms with E-state index in [1.807, 2.05) is 25.1 Å². The minimum Gasteiger partial charge on any atom is -0.419 e. The first kappa shape index (κ1) is 16.7. The first-order valence-electron chi connectivity index (χ1n) is 7.56. The van der Waals surface area contributed by atoms with Crippen LogP contribution in [0.5, 0.6) is 5.75 Å². The standard InChI is InChI=1S/C17H21N3O3/c1-4-8-13(18)11-15-16(23-12(2)21)17(22)20(19(15)3)14-9-6-5-7-10-14/h5-7,9-10,18H,4,8,11H2,1-3H3. The first-order chi connectivity index (χ1) is 11.0. The van der Waals surface area contributed by atoms with Gasteiger partial charge in [0.15, 0.2) is 0 Å². The van der Waals surface area contributed by atoms with E-state index in [0.29, 0.717) is 23.5 Å². The van der Waals surface area contributed by atoms with Gasteiger partial charge in [0.2, 0.25) is 5.75 Å². The Morgan fingerprint density at radius 1 is 1.26 bits per heavy atom. The maximum absolute atomic E-state index is 12.7. The van der Waals surface area contributed by atoms with Gasteiger partial charge in [-0.05, 0) is 18.6 Å². The van der Waals surface area contributed by atoms with Crippen LogP contribution in [0.4, 0.5) is 0 Å². The van der Waals surface area contributed by atoms with Gasteiger partial charge in [0.1, 0.15) is 0 Å². The number of aromatic nitrogens is 2. The van der Waals surface area contributed by atoms with Crippen molar-refractivity contribution in [2.45, 2.75) is 33.1 Å². The van der Waals surface area contributed by atoms with Gasteiger partial charge >= 0.3 is 11.5 Å². The van der Waals surface area contributed by atoms with Crippen LogP contribution in [0.1, 0.15) is 32.4 Å². The number of nitrogens with one attached hydrogen (secondary N) is 1. The third kappa shape index (κ3) is 3.59. The lowest BCUT2D eigenvalue weighted by Crippen LogP contribution is -2.20. The lowest BCUT2D eigenvalue weighted by atomic mass is 10.1. The Hall–Kier alpha value is -2.63. The minimum absolute atomic E-state index is 0.00436. The van der Waals surface area contributed by atoms with Crippen molar-refractivity contribution in [2.24, 2.45) is 7.05 Å². The molecule has 122 valence electrons. The zero-order valence-corrected chi connectivity index (χ0v) is 13.6. The fraction of sp³-hybridized carbons (Fsp3) is 0.353. The Bertz CT molecular complexity index is 772. The summed E-state index contributed by atoms with van der Waals surface area (Å²) < 4.78 is 8.25. The molecule has 1 N–H and O–H groups in total. The SMILES string of the molecule is CCCC(=N)Cc1c(OC(C)=O)c(=O)n(-c2ccccc2)n1C. The fourth-order valence-electron chi connectivity index (χ4n) is 2.52. The number of carbonyl (C=O) groups is 1. The predicted octanol–water partition coefficient (Wildman–Crippen LogP) is 2.46. The summed E-state index contributed by atoms with van der Waals surface area (Å²) in [5, 5.41) is 8.02. The Kier molecular flexibility index (Phi) is 5.16. The molecular formula is C17H21N3O3. The van der Waals surface area contributed by atoms with Gasteiger partial charge < -0.3 is 10.1 Å². The molecule has 0 aliphatic heterocycles. The highest BCUT2D eigenvalue weighted by atomic mass is 16.5. The van der Waals surface area contributed by atoms with Gasteiger partial charge in [0.05, 0.1) is 11.4 Å². The van der Waals surface area contributed by atoms with Crippen LogP contribution in [0, 0.1) is 5.41 Å². The number of hydrogen-bond acceptors (Lipinski definition) is 4. The van der Waals surface area contributed by atoms with Crippen LogP contribution in [0.3, 0.4) is 0 Å². The second kappa shape index (κ2) is 7.09. The number of ether oxygens (including phenoxy) is 1. The highest BCUT2D eigenvalue weighted by Crippen LogP contribution is 2.19. The molecule has 0 saturated heterocycles. The number of carbonyl (C=O) groups excluding carboxylic acids is 1. The van der Waals surface area contributed by atoms with E-state index < -0.39 is 11.5 Å². The Balaban J connectivity index is 2.57. The highest BCUT2D eigenvalue weighted by molar-refractivity contribution is 5.84. The molecule has 0 radical (unpaired) electrons. The largest absolute Gasteiger partial charge is 0.419 e. The zero-order valence-electron chi connectivity index (χ0n) is 13.6. The topological polar surface area (TPSA) is 77.1 Å². The summed E-state index contributed by atoms with van der Waals surface area (Å²) in [6, 6.07) is 9.14. The predicted molar refractivity (Wildman–Crippen MR) is 88.7 cm³/mol. The Morgan fingerprint density at radius 2 is 1.91 bits per heavy atom. The van der Waals surface area contributed by atoms with Crippen molar-refractivity contribution in [2.75, 3.05) is 0 Å². The number of para-hydroxylation sites is 1. The number of benzene rings is 1. The number of nitrogens with zero attached hydrogens (tertiary/aromatic N) is 2. The lowest BCUT2D eigenvalue weighted by molar-refractivity contribution is -0.132. The van der Waals surface area contributed by atoms with Crippen LogP contribution in [-0.2, 0) is 18.3 Å². The molecule has 0 bridgehead atoms. The second-order valence-electron chi connectivity index (χ2n) is 5.38. The van der Waals surface area contributed by atoms with Gasteiger partial charge in [-0.1, -0.05) is 31.5 Å². The second-order valence-corrected chi connectivity index (χ2v) is 5.38.